The molecule has 1 amide bonds. The van der Waals surface area contributed by atoms with Gasteiger partial charge in [0.05, 0.1) is 24.6 Å². The van der Waals surface area contributed by atoms with Crippen LogP contribution in [0.5, 0.6) is 0 Å². The molecule has 0 unspecified atom stereocenters. The lowest BCUT2D eigenvalue weighted by molar-refractivity contribution is 0.0600. The lowest BCUT2D eigenvalue weighted by Gasteiger charge is -2.09. The Morgan fingerprint density at radius 3 is 2.57 bits per heavy atom. The number of nitrogens with one attached hydrogen (secondary N) is 2. The first-order valence-electron chi connectivity index (χ1n) is 8.50. The van der Waals surface area contributed by atoms with E-state index in [2.05, 4.69) is 15.6 Å². The van der Waals surface area contributed by atoms with Gasteiger partial charge in [0.2, 0.25) is 0 Å². The van der Waals surface area contributed by atoms with E-state index in [1.54, 1.807) is 42.6 Å². The molecule has 3 rings (SSSR count). The minimum Gasteiger partial charge on any atom is -0.465 e. The third-order valence-electron chi connectivity index (χ3n) is 3.97. The van der Waals surface area contributed by atoms with Gasteiger partial charge in [-0.2, -0.15) is 0 Å². The van der Waals surface area contributed by atoms with Gasteiger partial charge < -0.3 is 15.4 Å². The summed E-state index contributed by atoms with van der Waals surface area (Å²) in [5.41, 5.74) is 2.96. The van der Waals surface area contributed by atoms with Crippen LogP contribution in [-0.4, -0.2) is 24.0 Å². The topological polar surface area (TPSA) is 80.3 Å². The molecule has 0 fully saturated rings. The van der Waals surface area contributed by atoms with E-state index in [4.69, 9.17) is 16.3 Å². The molecule has 1 aromatic heterocycles. The summed E-state index contributed by atoms with van der Waals surface area (Å²) in [6.45, 7) is 0.320. The zero-order valence-corrected chi connectivity index (χ0v) is 15.9. The first kappa shape index (κ1) is 19.4. The lowest BCUT2D eigenvalue weighted by Crippen LogP contribution is -2.23. The zero-order chi connectivity index (χ0) is 19.9. The Labute approximate surface area is 167 Å². The monoisotopic (exact) mass is 395 g/mol. The summed E-state index contributed by atoms with van der Waals surface area (Å²) in [4.78, 5) is 28.1. The van der Waals surface area contributed by atoms with Crippen molar-refractivity contribution in [2.75, 3.05) is 12.4 Å². The van der Waals surface area contributed by atoms with E-state index in [0.29, 0.717) is 34.2 Å². The molecule has 0 aliphatic heterocycles. The van der Waals surface area contributed by atoms with Crippen LogP contribution in [0.1, 0.15) is 26.4 Å². The number of hydrogen-bond donors (Lipinski definition) is 2. The molecule has 2 aromatic carbocycles. The molecule has 0 saturated heterocycles. The summed E-state index contributed by atoms with van der Waals surface area (Å²) in [6.07, 6.45) is 1.55. The summed E-state index contributed by atoms with van der Waals surface area (Å²) in [5.74, 6) is -0.702. The van der Waals surface area contributed by atoms with Gasteiger partial charge in [-0.1, -0.05) is 35.9 Å². The first-order chi connectivity index (χ1) is 13.6. The fourth-order valence-electron chi connectivity index (χ4n) is 2.52. The fraction of sp³-hybridized carbons (Fsp3) is 0.0952. The number of aromatic nitrogens is 1. The van der Waals surface area contributed by atoms with Crippen LogP contribution in [0, 0.1) is 0 Å². The quantitative estimate of drug-likeness (QED) is 0.611. The minimum absolute atomic E-state index is 0.292. The van der Waals surface area contributed by atoms with E-state index in [1.807, 2.05) is 24.3 Å². The molecule has 7 heteroatoms. The van der Waals surface area contributed by atoms with E-state index in [-0.39, 0.29) is 5.91 Å². The molecule has 0 aliphatic carbocycles. The van der Waals surface area contributed by atoms with Crippen molar-refractivity contribution >= 4 is 34.9 Å². The van der Waals surface area contributed by atoms with Crippen LogP contribution in [0.3, 0.4) is 0 Å². The van der Waals surface area contributed by atoms with Gasteiger partial charge in [0.1, 0.15) is 5.69 Å². The molecular weight excluding hydrogens is 378 g/mol. The molecule has 0 bridgehead atoms. The Hall–Kier alpha value is -3.38. The number of hydrogen-bond acceptors (Lipinski definition) is 5. The van der Waals surface area contributed by atoms with E-state index < -0.39 is 5.97 Å². The van der Waals surface area contributed by atoms with Crippen molar-refractivity contribution in [1.29, 1.82) is 0 Å². The smallest absolute Gasteiger partial charge is 0.337 e. The van der Waals surface area contributed by atoms with Gasteiger partial charge in [-0.25, -0.2) is 9.78 Å². The van der Waals surface area contributed by atoms with Gasteiger partial charge in [-0.15, -0.1) is 0 Å². The normalized spacial score (nSPS) is 10.2. The van der Waals surface area contributed by atoms with E-state index in [9.17, 15) is 9.59 Å². The van der Waals surface area contributed by atoms with Crippen LogP contribution in [-0.2, 0) is 11.3 Å². The van der Waals surface area contributed by atoms with Crippen LogP contribution in [0.2, 0.25) is 5.02 Å². The Bertz CT molecular complexity index is 990. The number of amides is 1. The van der Waals surface area contributed by atoms with Crippen LogP contribution in [0.4, 0.5) is 11.4 Å². The second kappa shape index (κ2) is 9.01. The highest BCUT2D eigenvalue weighted by atomic mass is 35.5. The van der Waals surface area contributed by atoms with Gasteiger partial charge in [0.15, 0.2) is 0 Å². The van der Waals surface area contributed by atoms with Gasteiger partial charge >= 0.3 is 5.97 Å². The van der Waals surface area contributed by atoms with Crippen molar-refractivity contribution in [3.8, 4) is 0 Å². The standard InChI is InChI=1S/C21H18ClN3O3/c1-28-21(27)14-6-4-7-16(11-14)25-17-9-10-19(23-13-17)20(26)24-12-15-5-2-3-8-18(15)22/h2-11,13,25H,12H2,1H3,(H,24,26). The summed E-state index contributed by atoms with van der Waals surface area (Å²) in [5, 5.41) is 6.53. The maximum absolute atomic E-state index is 12.3. The van der Waals surface area contributed by atoms with Gasteiger partial charge in [-0.3, -0.25) is 4.79 Å². The molecule has 0 saturated carbocycles. The lowest BCUT2D eigenvalue weighted by atomic mass is 10.2. The van der Waals surface area contributed by atoms with Gasteiger partial charge in [-0.05, 0) is 42.0 Å². The highest BCUT2D eigenvalue weighted by molar-refractivity contribution is 6.31. The van der Waals surface area contributed by atoms with E-state index in [1.165, 1.54) is 7.11 Å². The van der Waals surface area contributed by atoms with E-state index in [0.717, 1.165) is 5.56 Å². The summed E-state index contributed by atoms with van der Waals surface area (Å²) < 4.78 is 4.71. The molecule has 28 heavy (non-hydrogen) atoms. The number of rotatable bonds is 6. The number of halogens is 1. The number of carbonyl (C=O) groups excluding carboxylic acids is 2. The maximum Gasteiger partial charge on any atom is 0.337 e. The van der Waals surface area contributed by atoms with Crippen LogP contribution in [0.25, 0.3) is 0 Å². The highest BCUT2D eigenvalue weighted by Crippen LogP contribution is 2.18. The molecule has 142 valence electrons. The first-order valence-corrected chi connectivity index (χ1v) is 8.87. The van der Waals surface area contributed by atoms with Crippen molar-refractivity contribution < 1.29 is 14.3 Å². The number of ether oxygens (including phenoxy) is 1. The summed E-state index contributed by atoms with van der Waals surface area (Å²) in [6, 6.07) is 17.6. The third kappa shape index (κ3) is 4.86. The maximum atomic E-state index is 12.3. The van der Waals surface area contributed by atoms with Crippen molar-refractivity contribution in [1.82, 2.24) is 10.3 Å². The molecule has 2 N–H and O–H groups in total. The molecule has 0 atom stereocenters. The van der Waals surface area contributed by atoms with Crippen molar-refractivity contribution in [3.05, 3.63) is 88.7 Å². The van der Waals surface area contributed by atoms with Crippen LogP contribution < -0.4 is 10.6 Å². The molecule has 3 aromatic rings. The van der Waals surface area contributed by atoms with Crippen LogP contribution >= 0.6 is 11.6 Å². The van der Waals surface area contributed by atoms with Gasteiger partial charge in [0.25, 0.3) is 5.91 Å². The summed E-state index contributed by atoms with van der Waals surface area (Å²) >= 11 is 6.09. The molecule has 0 aliphatic rings. The number of anilines is 2. The number of pyridine rings is 1. The number of methoxy groups -OCH3 is 1. The predicted molar refractivity (Wildman–Crippen MR) is 108 cm³/mol. The number of carbonyl (C=O) groups is 2. The summed E-state index contributed by atoms with van der Waals surface area (Å²) in [7, 11) is 1.34. The molecule has 0 radical (unpaired) electrons. The largest absolute Gasteiger partial charge is 0.465 e. The second-order valence-corrected chi connectivity index (χ2v) is 6.31. The number of nitrogens with zero attached hydrogens (tertiary/aromatic N) is 1. The number of esters is 1. The molecule has 6 nitrogen and oxygen atoms in total. The average Bonchev–Trinajstić information content (AvgIpc) is 2.73. The molecular formula is C21H18ClN3O3. The SMILES string of the molecule is COC(=O)c1cccc(Nc2ccc(C(=O)NCc3ccccc3Cl)nc2)c1. The van der Waals surface area contributed by atoms with E-state index >= 15 is 0 Å². The van der Waals surface area contributed by atoms with Crippen molar-refractivity contribution in [3.63, 3.8) is 0 Å². The number of benzene rings is 2. The zero-order valence-electron chi connectivity index (χ0n) is 15.1. The Balaban J connectivity index is 1.62. The highest BCUT2D eigenvalue weighted by Gasteiger charge is 2.09. The Morgan fingerprint density at radius 2 is 1.86 bits per heavy atom. The molecule has 0 spiro atoms. The van der Waals surface area contributed by atoms with Crippen molar-refractivity contribution in [2.24, 2.45) is 0 Å². The minimum atomic E-state index is -0.410. The van der Waals surface area contributed by atoms with Crippen molar-refractivity contribution in [2.45, 2.75) is 6.54 Å². The van der Waals surface area contributed by atoms with Crippen LogP contribution in [0.15, 0.2) is 66.9 Å². The average molecular weight is 396 g/mol. The Kier molecular flexibility index (Phi) is 6.24. The Morgan fingerprint density at radius 1 is 1.04 bits per heavy atom. The third-order valence-corrected chi connectivity index (χ3v) is 4.33. The molecule has 1 heterocycles. The van der Waals surface area contributed by atoms with Gasteiger partial charge in [0, 0.05) is 17.3 Å². The second-order valence-electron chi connectivity index (χ2n) is 5.90. The predicted octanol–water partition coefficient (Wildman–Crippen LogP) is 4.20. The fourth-order valence-corrected chi connectivity index (χ4v) is 2.72.